The molecule has 7 nitrogen and oxygen atoms in total. The van der Waals surface area contributed by atoms with Gasteiger partial charge in [0.05, 0.1) is 4.90 Å². The molecule has 0 radical (unpaired) electrons. The summed E-state index contributed by atoms with van der Waals surface area (Å²) in [5.74, 6) is -1.24. The van der Waals surface area contributed by atoms with Crippen molar-refractivity contribution in [2.75, 3.05) is 11.6 Å². The minimum Gasteiger partial charge on any atom is -0.459 e. The number of anilines is 1. The molecule has 0 fully saturated rings. The van der Waals surface area contributed by atoms with E-state index in [0.717, 1.165) is 4.90 Å². The first-order chi connectivity index (χ1) is 14.8. The van der Waals surface area contributed by atoms with Gasteiger partial charge in [-0.15, -0.1) is 11.8 Å². The van der Waals surface area contributed by atoms with Crippen LogP contribution in [0, 0.1) is 5.92 Å². The van der Waals surface area contributed by atoms with Crippen molar-refractivity contribution in [1.29, 1.82) is 0 Å². The summed E-state index contributed by atoms with van der Waals surface area (Å²) in [5, 5.41) is 2.74. The van der Waals surface area contributed by atoms with E-state index in [-0.39, 0.29) is 16.7 Å². The molecular formula is C23H30N2O5S2. The van der Waals surface area contributed by atoms with Gasteiger partial charge in [0.25, 0.3) is 5.91 Å². The molecule has 0 aliphatic heterocycles. The molecule has 2 N–H and O–H groups in total. The average molecular weight is 479 g/mol. The molecule has 0 bridgehead atoms. The van der Waals surface area contributed by atoms with Crippen molar-refractivity contribution >= 4 is 39.3 Å². The van der Waals surface area contributed by atoms with E-state index in [4.69, 9.17) is 4.74 Å². The quantitative estimate of drug-likeness (QED) is 0.433. The molecule has 0 saturated heterocycles. The monoisotopic (exact) mass is 478 g/mol. The molecular weight excluding hydrogens is 448 g/mol. The molecule has 0 unspecified atom stereocenters. The van der Waals surface area contributed by atoms with Gasteiger partial charge in [0.2, 0.25) is 10.0 Å². The average Bonchev–Trinajstić information content (AvgIpc) is 2.71. The number of thioether (sulfide) groups is 1. The Morgan fingerprint density at radius 3 is 2.00 bits per heavy atom. The number of ether oxygens (including phenoxy) is 1. The van der Waals surface area contributed by atoms with E-state index >= 15 is 0 Å². The number of benzene rings is 2. The molecule has 2 aromatic rings. The molecule has 0 spiro atoms. The number of nitrogens with one attached hydrogen (secondary N) is 2. The summed E-state index contributed by atoms with van der Waals surface area (Å²) in [6, 6.07) is 11.9. The molecule has 9 heteroatoms. The second-order valence-electron chi connectivity index (χ2n) is 8.58. The molecule has 0 heterocycles. The van der Waals surface area contributed by atoms with Crippen molar-refractivity contribution in [2.45, 2.75) is 56.1 Å². The van der Waals surface area contributed by atoms with Crippen molar-refractivity contribution in [3.63, 3.8) is 0 Å². The Morgan fingerprint density at radius 1 is 0.969 bits per heavy atom. The summed E-state index contributed by atoms with van der Waals surface area (Å²) in [7, 11) is -3.98. The van der Waals surface area contributed by atoms with Gasteiger partial charge in [0, 0.05) is 16.1 Å². The summed E-state index contributed by atoms with van der Waals surface area (Å²) in [6.45, 7) is 8.64. The number of sulfonamides is 1. The third-order valence-electron chi connectivity index (χ3n) is 4.38. The fraction of sp³-hybridized carbons (Fsp3) is 0.391. The van der Waals surface area contributed by atoms with Gasteiger partial charge in [-0.2, -0.15) is 4.72 Å². The van der Waals surface area contributed by atoms with E-state index in [1.54, 1.807) is 58.5 Å². The van der Waals surface area contributed by atoms with E-state index in [2.05, 4.69) is 10.0 Å². The Morgan fingerprint density at radius 2 is 1.53 bits per heavy atom. The third kappa shape index (κ3) is 7.36. The van der Waals surface area contributed by atoms with Gasteiger partial charge in [0.1, 0.15) is 11.6 Å². The van der Waals surface area contributed by atoms with Crippen LogP contribution < -0.4 is 10.0 Å². The number of hydrogen-bond donors (Lipinski definition) is 2. The number of carbonyl (C=O) groups excluding carboxylic acids is 2. The van der Waals surface area contributed by atoms with Crippen molar-refractivity contribution in [3.05, 3.63) is 54.1 Å². The zero-order valence-electron chi connectivity index (χ0n) is 19.1. The standard InChI is InChI=1S/C23H30N2O5S2/c1-15(2)20(22(27)30-23(3,4)5)25-32(28,29)19-13-9-17(10-14-19)24-21(26)16-7-11-18(31-6)12-8-16/h7-15,20,25H,1-6H3,(H,24,26)/t20-/m1/s1. The first-order valence-corrected chi connectivity index (χ1v) is 12.8. The fourth-order valence-electron chi connectivity index (χ4n) is 2.72. The maximum absolute atomic E-state index is 12.8. The smallest absolute Gasteiger partial charge is 0.324 e. The van der Waals surface area contributed by atoms with Crippen LogP contribution in [0.5, 0.6) is 0 Å². The van der Waals surface area contributed by atoms with Crippen LogP contribution in [-0.2, 0) is 19.6 Å². The minimum atomic E-state index is -3.98. The van der Waals surface area contributed by atoms with E-state index in [1.165, 1.54) is 24.3 Å². The lowest BCUT2D eigenvalue weighted by Gasteiger charge is -2.26. The lowest BCUT2D eigenvalue weighted by atomic mass is 10.1. The number of esters is 1. The van der Waals surface area contributed by atoms with Crippen LogP contribution in [0.25, 0.3) is 0 Å². The summed E-state index contributed by atoms with van der Waals surface area (Å²) in [4.78, 5) is 25.9. The normalized spacial score (nSPS) is 13.0. The van der Waals surface area contributed by atoms with Crippen LogP contribution in [0.3, 0.4) is 0 Å². The summed E-state index contributed by atoms with van der Waals surface area (Å²) in [6.07, 6.45) is 1.95. The SMILES string of the molecule is CSc1ccc(C(=O)Nc2ccc(S(=O)(=O)N[C@@H](C(=O)OC(C)(C)C)C(C)C)cc2)cc1. The molecule has 1 atom stereocenters. The van der Waals surface area contributed by atoms with Crippen LogP contribution >= 0.6 is 11.8 Å². The molecule has 0 aliphatic rings. The van der Waals surface area contributed by atoms with Crippen molar-refractivity contribution < 1.29 is 22.7 Å². The highest BCUT2D eigenvalue weighted by atomic mass is 32.2. The molecule has 0 saturated carbocycles. The summed E-state index contributed by atoms with van der Waals surface area (Å²) >= 11 is 1.58. The Balaban J connectivity index is 2.12. The van der Waals surface area contributed by atoms with Crippen molar-refractivity contribution in [2.24, 2.45) is 5.92 Å². The van der Waals surface area contributed by atoms with E-state index in [9.17, 15) is 18.0 Å². The molecule has 0 aromatic heterocycles. The Kier molecular flexibility index (Phi) is 8.50. The van der Waals surface area contributed by atoms with Gasteiger partial charge in [-0.25, -0.2) is 8.42 Å². The van der Waals surface area contributed by atoms with Gasteiger partial charge in [-0.05, 0) is 81.5 Å². The second kappa shape index (κ2) is 10.5. The highest BCUT2D eigenvalue weighted by Gasteiger charge is 2.32. The Bertz CT molecular complexity index is 1040. The lowest BCUT2D eigenvalue weighted by molar-refractivity contribution is -0.158. The van der Waals surface area contributed by atoms with Gasteiger partial charge < -0.3 is 10.1 Å². The van der Waals surface area contributed by atoms with Gasteiger partial charge in [-0.1, -0.05) is 13.8 Å². The van der Waals surface area contributed by atoms with Gasteiger partial charge in [0.15, 0.2) is 0 Å². The number of amides is 1. The largest absolute Gasteiger partial charge is 0.459 e. The van der Waals surface area contributed by atoms with E-state index in [1.807, 2.05) is 18.4 Å². The van der Waals surface area contributed by atoms with Crippen LogP contribution in [0.2, 0.25) is 0 Å². The highest BCUT2D eigenvalue weighted by Crippen LogP contribution is 2.19. The second-order valence-corrected chi connectivity index (χ2v) is 11.2. The Labute approximate surface area is 194 Å². The minimum absolute atomic E-state index is 0.0194. The predicted molar refractivity (Wildman–Crippen MR) is 127 cm³/mol. The number of carbonyl (C=O) groups is 2. The maximum Gasteiger partial charge on any atom is 0.324 e. The fourth-order valence-corrected chi connectivity index (χ4v) is 4.46. The van der Waals surface area contributed by atoms with Crippen LogP contribution in [0.1, 0.15) is 45.0 Å². The topological polar surface area (TPSA) is 102 Å². The first-order valence-electron chi connectivity index (χ1n) is 10.1. The molecule has 32 heavy (non-hydrogen) atoms. The number of hydrogen-bond acceptors (Lipinski definition) is 6. The lowest BCUT2D eigenvalue weighted by Crippen LogP contribution is -2.47. The van der Waals surface area contributed by atoms with E-state index in [0.29, 0.717) is 11.3 Å². The van der Waals surface area contributed by atoms with Gasteiger partial charge >= 0.3 is 5.97 Å². The molecule has 0 aliphatic carbocycles. The first kappa shape index (κ1) is 25.9. The zero-order valence-corrected chi connectivity index (χ0v) is 20.8. The van der Waals surface area contributed by atoms with Crippen LogP contribution in [-0.4, -0.2) is 38.2 Å². The molecule has 174 valence electrons. The molecule has 1 amide bonds. The highest BCUT2D eigenvalue weighted by molar-refractivity contribution is 7.98. The Hall–Kier alpha value is -2.36. The number of rotatable bonds is 8. The van der Waals surface area contributed by atoms with Gasteiger partial charge in [-0.3, -0.25) is 9.59 Å². The summed E-state index contributed by atoms with van der Waals surface area (Å²) in [5.41, 5.74) is 0.222. The van der Waals surface area contributed by atoms with Crippen molar-refractivity contribution in [3.8, 4) is 0 Å². The van der Waals surface area contributed by atoms with Crippen LogP contribution in [0.4, 0.5) is 5.69 Å². The maximum atomic E-state index is 12.8. The third-order valence-corrected chi connectivity index (χ3v) is 6.58. The van der Waals surface area contributed by atoms with E-state index < -0.39 is 27.6 Å². The van der Waals surface area contributed by atoms with Crippen molar-refractivity contribution in [1.82, 2.24) is 4.72 Å². The zero-order chi connectivity index (χ0) is 24.1. The molecule has 2 rings (SSSR count). The summed E-state index contributed by atoms with van der Waals surface area (Å²) < 4.78 is 33.4. The molecule has 2 aromatic carbocycles. The van der Waals surface area contributed by atoms with Crippen LogP contribution in [0.15, 0.2) is 58.3 Å². The predicted octanol–water partition coefficient (Wildman–Crippen LogP) is 4.31.